The van der Waals surface area contributed by atoms with E-state index in [1.54, 1.807) is 22.7 Å². The first-order valence-corrected chi connectivity index (χ1v) is 9.07. The van der Waals surface area contributed by atoms with Gasteiger partial charge in [0, 0.05) is 21.7 Å². The molecule has 112 valence electrons. The Balaban J connectivity index is 1.72. The van der Waals surface area contributed by atoms with Crippen molar-refractivity contribution in [3.8, 4) is 0 Å². The first-order valence-electron chi connectivity index (χ1n) is 7.31. The maximum absolute atomic E-state index is 12.8. The van der Waals surface area contributed by atoms with Crippen molar-refractivity contribution in [3.05, 3.63) is 44.8 Å². The van der Waals surface area contributed by atoms with Crippen LogP contribution in [0.5, 0.6) is 0 Å². The van der Waals surface area contributed by atoms with Crippen LogP contribution in [0.4, 0.5) is 0 Å². The summed E-state index contributed by atoms with van der Waals surface area (Å²) in [5.41, 5.74) is 5.97. The Bertz CT molecular complexity index is 529. The summed E-state index contributed by atoms with van der Waals surface area (Å²) in [6.45, 7) is 1.42. The predicted octanol–water partition coefficient (Wildman–Crippen LogP) is 3.47. The van der Waals surface area contributed by atoms with Crippen LogP contribution in [-0.2, 0) is 17.9 Å². The van der Waals surface area contributed by atoms with Crippen molar-refractivity contribution in [3.63, 3.8) is 0 Å². The summed E-state index contributed by atoms with van der Waals surface area (Å²) in [6, 6.07) is 8.47. The number of hydrogen-bond donors (Lipinski definition) is 1. The zero-order valence-corrected chi connectivity index (χ0v) is 13.5. The molecule has 2 heterocycles. The lowest BCUT2D eigenvalue weighted by Crippen LogP contribution is -2.34. The van der Waals surface area contributed by atoms with Gasteiger partial charge in [-0.2, -0.15) is 0 Å². The Kier molecular flexibility index (Phi) is 4.73. The van der Waals surface area contributed by atoms with Gasteiger partial charge in [-0.25, -0.2) is 0 Å². The van der Waals surface area contributed by atoms with Gasteiger partial charge < -0.3 is 10.6 Å². The van der Waals surface area contributed by atoms with E-state index in [2.05, 4.69) is 22.9 Å². The molecule has 1 aliphatic carbocycles. The van der Waals surface area contributed by atoms with Gasteiger partial charge in [0.05, 0.1) is 13.1 Å². The third kappa shape index (κ3) is 3.73. The van der Waals surface area contributed by atoms with E-state index < -0.39 is 0 Å². The quantitative estimate of drug-likeness (QED) is 0.917. The van der Waals surface area contributed by atoms with Crippen molar-refractivity contribution in [2.24, 2.45) is 11.7 Å². The molecular formula is C16H20N2OS2. The molecule has 2 N–H and O–H groups in total. The Labute approximate surface area is 133 Å². The molecule has 2 aromatic rings. The Morgan fingerprint density at radius 1 is 1.14 bits per heavy atom. The van der Waals surface area contributed by atoms with Gasteiger partial charge in [-0.15, -0.1) is 22.7 Å². The standard InChI is InChI=1S/C16H20N2OS2/c17-13-6-5-12(9-13)16(19)18(10-14-3-1-7-20-14)11-15-4-2-8-21-15/h1-4,7-8,12-13H,5-6,9-11,17H2/t12-,13+/m1/s1. The third-order valence-corrected chi connectivity index (χ3v) is 5.71. The first kappa shape index (κ1) is 14.8. The minimum Gasteiger partial charge on any atom is -0.332 e. The Hall–Kier alpha value is -1.17. The third-order valence-electron chi connectivity index (χ3n) is 3.99. The molecule has 3 nitrogen and oxygen atoms in total. The molecule has 1 aliphatic rings. The van der Waals surface area contributed by atoms with Gasteiger partial charge in [0.25, 0.3) is 0 Å². The van der Waals surface area contributed by atoms with Crippen molar-refractivity contribution in [1.82, 2.24) is 4.90 Å². The minimum atomic E-state index is 0.111. The van der Waals surface area contributed by atoms with Crippen LogP contribution in [-0.4, -0.2) is 16.8 Å². The Morgan fingerprint density at radius 2 is 1.76 bits per heavy atom. The van der Waals surface area contributed by atoms with Crippen LogP contribution in [0.2, 0.25) is 0 Å². The highest BCUT2D eigenvalue weighted by Crippen LogP contribution is 2.28. The van der Waals surface area contributed by atoms with Crippen molar-refractivity contribution < 1.29 is 4.79 Å². The number of thiophene rings is 2. The molecule has 0 aromatic carbocycles. The zero-order chi connectivity index (χ0) is 14.7. The SMILES string of the molecule is N[C@H]1CC[C@@H](C(=O)N(Cc2cccs2)Cc2cccs2)C1. The Morgan fingerprint density at radius 3 is 2.19 bits per heavy atom. The van der Waals surface area contributed by atoms with E-state index in [-0.39, 0.29) is 17.9 Å². The average molecular weight is 320 g/mol. The van der Waals surface area contributed by atoms with E-state index in [1.165, 1.54) is 9.75 Å². The smallest absolute Gasteiger partial charge is 0.226 e. The van der Waals surface area contributed by atoms with Crippen molar-refractivity contribution in [2.75, 3.05) is 0 Å². The van der Waals surface area contributed by atoms with E-state index in [1.807, 2.05) is 17.0 Å². The van der Waals surface area contributed by atoms with Crippen LogP contribution < -0.4 is 5.73 Å². The highest BCUT2D eigenvalue weighted by Gasteiger charge is 2.31. The largest absolute Gasteiger partial charge is 0.332 e. The van der Waals surface area contributed by atoms with Gasteiger partial charge in [0.1, 0.15) is 0 Å². The lowest BCUT2D eigenvalue weighted by Gasteiger charge is -2.25. The highest BCUT2D eigenvalue weighted by molar-refractivity contribution is 7.10. The number of rotatable bonds is 5. The van der Waals surface area contributed by atoms with E-state index in [9.17, 15) is 4.79 Å². The molecule has 3 rings (SSSR count). The lowest BCUT2D eigenvalue weighted by molar-refractivity contribution is -0.136. The van der Waals surface area contributed by atoms with Crippen LogP contribution >= 0.6 is 22.7 Å². The number of carbonyl (C=O) groups is 1. The number of carbonyl (C=O) groups excluding carboxylic acids is 1. The van der Waals surface area contributed by atoms with Crippen molar-refractivity contribution in [2.45, 2.75) is 38.4 Å². The molecule has 1 fully saturated rings. The highest BCUT2D eigenvalue weighted by atomic mass is 32.1. The summed E-state index contributed by atoms with van der Waals surface area (Å²) >= 11 is 3.42. The zero-order valence-electron chi connectivity index (χ0n) is 11.9. The van der Waals surface area contributed by atoms with Crippen LogP contribution in [0.25, 0.3) is 0 Å². The molecule has 5 heteroatoms. The summed E-state index contributed by atoms with van der Waals surface area (Å²) < 4.78 is 0. The number of nitrogens with zero attached hydrogens (tertiary/aromatic N) is 1. The van der Waals surface area contributed by atoms with Crippen molar-refractivity contribution in [1.29, 1.82) is 0 Å². The normalized spacial score (nSPS) is 21.6. The van der Waals surface area contributed by atoms with E-state index in [0.717, 1.165) is 19.3 Å². The summed E-state index contributed by atoms with van der Waals surface area (Å²) in [7, 11) is 0. The van der Waals surface area contributed by atoms with Crippen molar-refractivity contribution >= 4 is 28.6 Å². The topological polar surface area (TPSA) is 46.3 Å². The van der Waals surface area contributed by atoms with Crippen LogP contribution in [0, 0.1) is 5.92 Å². The van der Waals surface area contributed by atoms with Crippen LogP contribution in [0.15, 0.2) is 35.0 Å². The fraction of sp³-hybridized carbons (Fsp3) is 0.438. The molecule has 0 saturated heterocycles. The molecular weight excluding hydrogens is 300 g/mol. The molecule has 1 saturated carbocycles. The molecule has 0 spiro atoms. The monoisotopic (exact) mass is 320 g/mol. The van der Waals surface area contributed by atoms with E-state index in [4.69, 9.17) is 5.73 Å². The maximum Gasteiger partial charge on any atom is 0.226 e. The van der Waals surface area contributed by atoms with Gasteiger partial charge in [0.15, 0.2) is 0 Å². The summed E-state index contributed by atoms with van der Waals surface area (Å²) in [4.78, 5) is 17.3. The molecule has 2 atom stereocenters. The van der Waals surface area contributed by atoms with Gasteiger partial charge in [0.2, 0.25) is 5.91 Å². The van der Waals surface area contributed by atoms with E-state index in [0.29, 0.717) is 13.1 Å². The molecule has 1 amide bonds. The second kappa shape index (κ2) is 6.73. The lowest BCUT2D eigenvalue weighted by atomic mass is 10.1. The maximum atomic E-state index is 12.8. The molecule has 21 heavy (non-hydrogen) atoms. The summed E-state index contributed by atoms with van der Waals surface area (Å²) in [5, 5.41) is 4.13. The van der Waals surface area contributed by atoms with Crippen LogP contribution in [0.3, 0.4) is 0 Å². The molecule has 0 radical (unpaired) electrons. The molecule has 2 aromatic heterocycles. The number of hydrogen-bond acceptors (Lipinski definition) is 4. The molecule has 0 bridgehead atoms. The fourth-order valence-electron chi connectivity index (χ4n) is 2.89. The number of nitrogens with two attached hydrogens (primary N) is 1. The second-order valence-corrected chi connectivity index (χ2v) is 7.69. The predicted molar refractivity (Wildman–Crippen MR) is 88.2 cm³/mol. The minimum absolute atomic E-state index is 0.111. The van der Waals surface area contributed by atoms with Gasteiger partial charge in [-0.05, 0) is 42.2 Å². The molecule has 0 aliphatic heterocycles. The first-order chi connectivity index (χ1) is 10.2. The summed E-state index contributed by atoms with van der Waals surface area (Å²) in [5.74, 6) is 0.379. The van der Waals surface area contributed by atoms with E-state index >= 15 is 0 Å². The number of amides is 1. The second-order valence-electron chi connectivity index (χ2n) is 5.62. The fourth-order valence-corrected chi connectivity index (χ4v) is 4.33. The average Bonchev–Trinajstić information content (AvgIpc) is 3.19. The molecule has 0 unspecified atom stereocenters. The van der Waals surface area contributed by atoms with Gasteiger partial charge >= 0.3 is 0 Å². The van der Waals surface area contributed by atoms with Gasteiger partial charge in [-0.3, -0.25) is 4.79 Å². The van der Waals surface area contributed by atoms with Gasteiger partial charge in [-0.1, -0.05) is 12.1 Å². The van der Waals surface area contributed by atoms with Crippen LogP contribution in [0.1, 0.15) is 29.0 Å². The summed E-state index contributed by atoms with van der Waals surface area (Å²) in [6.07, 6.45) is 2.75.